The Kier molecular flexibility index (Phi) is 4.72. The Morgan fingerprint density at radius 3 is 2.65 bits per heavy atom. The standard InChI is InChI=1S/C16H19FN2O3S/c1-15(2,3)22-14(20)19-13-18-9-12(23-13)16(4,21)10-6-5-7-11(17)8-10/h5-9,21H,1-4H3,(H,18,19,20). The number of carbonyl (C=O) groups is 1. The largest absolute Gasteiger partial charge is 0.444 e. The molecule has 0 radical (unpaired) electrons. The van der Waals surface area contributed by atoms with E-state index in [2.05, 4.69) is 10.3 Å². The van der Waals surface area contributed by atoms with Gasteiger partial charge in [-0.3, -0.25) is 5.32 Å². The van der Waals surface area contributed by atoms with Crippen molar-refractivity contribution in [3.63, 3.8) is 0 Å². The summed E-state index contributed by atoms with van der Waals surface area (Å²) >= 11 is 1.10. The van der Waals surface area contributed by atoms with Gasteiger partial charge in [0.05, 0.1) is 4.88 Å². The number of carbonyl (C=O) groups excluding carboxylic acids is 1. The van der Waals surface area contributed by atoms with Crippen LogP contribution < -0.4 is 5.32 Å². The van der Waals surface area contributed by atoms with Gasteiger partial charge in [-0.05, 0) is 45.4 Å². The summed E-state index contributed by atoms with van der Waals surface area (Å²) in [7, 11) is 0. The lowest BCUT2D eigenvalue weighted by molar-refractivity contribution is 0.0636. The second kappa shape index (κ2) is 6.25. The first-order chi connectivity index (χ1) is 10.6. The van der Waals surface area contributed by atoms with Gasteiger partial charge >= 0.3 is 6.09 Å². The van der Waals surface area contributed by atoms with E-state index < -0.39 is 23.1 Å². The fourth-order valence-corrected chi connectivity index (χ4v) is 2.75. The molecular weight excluding hydrogens is 319 g/mol. The zero-order valence-electron chi connectivity index (χ0n) is 13.4. The third-order valence-electron chi connectivity index (χ3n) is 2.98. The first-order valence-electron chi connectivity index (χ1n) is 7.03. The number of amides is 1. The fraction of sp³-hybridized carbons (Fsp3) is 0.375. The summed E-state index contributed by atoms with van der Waals surface area (Å²) in [5.74, 6) is -0.431. The number of hydrogen-bond donors (Lipinski definition) is 2. The summed E-state index contributed by atoms with van der Waals surface area (Å²) in [6.07, 6.45) is 0.825. The highest BCUT2D eigenvalue weighted by atomic mass is 32.1. The van der Waals surface area contributed by atoms with Gasteiger partial charge in [0, 0.05) is 6.20 Å². The zero-order valence-corrected chi connectivity index (χ0v) is 14.2. The van der Waals surface area contributed by atoms with Gasteiger partial charge in [0.1, 0.15) is 17.0 Å². The lowest BCUT2D eigenvalue weighted by atomic mass is 9.95. The van der Waals surface area contributed by atoms with Crippen molar-refractivity contribution in [3.8, 4) is 0 Å². The number of aliphatic hydroxyl groups is 1. The lowest BCUT2D eigenvalue weighted by Crippen LogP contribution is -2.27. The van der Waals surface area contributed by atoms with E-state index >= 15 is 0 Å². The van der Waals surface area contributed by atoms with Crippen molar-refractivity contribution in [2.75, 3.05) is 5.32 Å². The molecular formula is C16H19FN2O3S. The molecule has 1 unspecified atom stereocenters. The molecule has 1 aromatic carbocycles. The van der Waals surface area contributed by atoms with Gasteiger partial charge in [-0.2, -0.15) is 0 Å². The van der Waals surface area contributed by atoms with Crippen LogP contribution in [0.3, 0.4) is 0 Å². The van der Waals surface area contributed by atoms with Gasteiger partial charge in [0.25, 0.3) is 0 Å². The van der Waals surface area contributed by atoms with Crippen molar-refractivity contribution >= 4 is 22.6 Å². The highest BCUT2D eigenvalue weighted by Crippen LogP contribution is 2.34. The molecule has 2 aromatic rings. The van der Waals surface area contributed by atoms with Gasteiger partial charge < -0.3 is 9.84 Å². The number of hydrogen-bond acceptors (Lipinski definition) is 5. The molecule has 1 atom stereocenters. The Balaban J connectivity index is 2.16. The zero-order chi connectivity index (χ0) is 17.3. The fourth-order valence-electron chi connectivity index (χ4n) is 1.88. The molecule has 5 nitrogen and oxygen atoms in total. The van der Waals surface area contributed by atoms with E-state index in [0.29, 0.717) is 15.6 Å². The average Bonchev–Trinajstić information content (AvgIpc) is 2.85. The molecule has 0 saturated carbocycles. The summed E-state index contributed by atoms with van der Waals surface area (Å²) in [4.78, 5) is 16.3. The number of thiazole rings is 1. The number of ether oxygens (including phenoxy) is 1. The van der Waals surface area contributed by atoms with E-state index in [-0.39, 0.29) is 0 Å². The Bertz CT molecular complexity index is 707. The van der Waals surface area contributed by atoms with Gasteiger partial charge in [-0.1, -0.05) is 23.5 Å². The smallest absolute Gasteiger partial charge is 0.413 e. The van der Waals surface area contributed by atoms with Crippen LogP contribution in [0.25, 0.3) is 0 Å². The number of rotatable bonds is 3. The molecule has 2 N–H and O–H groups in total. The minimum atomic E-state index is -1.41. The van der Waals surface area contributed by atoms with Crippen LogP contribution in [0.15, 0.2) is 30.5 Å². The topological polar surface area (TPSA) is 71.5 Å². The summed E-state index contributed by atoms with van der Waals surface area (Å²) in [5.41, 5.74) is -1.62. The van der Waals surface area contributed by atoms with Gasteiger partial charge in [-0.15, -0.1) is 0 Å². The van der Waals surface area contributed by atoms with Crippen LogP contribution in [-0.2, 0) is 10.3 Å². The minimum absolute atomic E-state index is 0.297. The number of anilines is 1. The van der Waals surface area contributed by atoms with Crippen molar-refractivity contribution in [1.29, 1.82) is 0 Å². The molecule has 1 heterocycles. The number of aromatic nitrogens is 1. The molecule has 0 fully saturated rings. The van der Waals surface area contributed by atoms with Crippen molar-refractivity contribution in [2.24, 2.45) is 0 Å². The Hall–Kier alpha value is -1.99. The lowest BCUT2D eigenvalue weighted by Gasteiger charge is -2.22. The van der Waals surface area contributed by atoms with Crippen LogP contribution >= 0.6 is 11.3 Å². The molecule has 124 valence electrons. The molecule has 1 aromatic heterocycles. The maximum absolute atomic E-state index is 13.4. The minimum Gasteiger partial charge on any atom is -0.444 e. The van der Waals surface area contributed by atoms with Gasteiger partial charge in [-0.25, -0.2) is 14.2 Å². The highest BCUT2D eigenvalue weighted by molar-refractivity contribution is 7.15. The molecule has 0 aliphatic heterocycles. The first-order valence-corrected chi connectivity index (χ1v) is 7.84. The third kappa shape index (κ3) is 4.49. The van der Waals surface area contributed by atoms with Gasteiger partial charge in [0.15, 0.2) is 5.13 Å². The predicted molar refractivity (Wildman–Crippen MR) is 87.0 cm³/mol. The molecule has 0 aliphatic rings. The van der Waals surface area contributed by atoms with E-state index in [1.54, 1.807) is 33.8 Å². The summed E-state index contributed by atoms with van der Waals surface area (Å²) in [6, 6.07) is 5.73. The Labute approximate surface area is 138 Å². The van der Waals surface area contributed by atoms with Crippen LogP contribution in [0.2, 0.25) is 0 Å². The molecule has 0 aliphatic carbocycles. The monoisotopic (exact) mass is 338 g/mol. The quantitative estimate of drug-likeness (QED) is 0.891. The van der Waals surface area contributed by atoms with Crippen molar-refractivity contribution < 1.29 is 19.0 Å². The summed E-state index contributed by atoms with van der Waals surface area (Å²) in [5, 5.41) is 13.5. The normalized spacial score (nSPS) is 14.2. The number of nitrogens with one attached hydrogen (secondary N) is 1. The van der Waals surface area contributed by atoms with Crippen LogP contribution in [0, 0.1) is 5.82 Å². The van der Waals surface area contributed by atoms with Crippen LogP contribution in [0.4, 0.5) is 14.3 Å². The van der Waals surface area contributed by atoms with Crippen LogP contribution in [0.5, 0.6) is 0 Å². The molecule has 23 heavy (non-hydrogen) atoms. The van der Waals surface area contributed by atoms with Crippen LogP contribution in [-0.4, -0.2) is 21.8 Å². The SMILES string of the molecule is CC(C)(C)OC(=O)Nc1ncc(C(C)(O)c2cccc(F)c2)s1. The predicted octanol–water partition coefficient (Wildman–Crippen LogP) is 3.89. The molecule has 0 saturated heterocycles. The Morgan fingerprint density at radius 2 is 2.04 bits per heavy atom. The third-order valence-corrected chi connectivity index (χ3v) is 4.10. The first kappa shape index (κ1) is 17.4. The average molecular weight is 338 g/mol. The molecule has 2 rings (SSSR count). The van der Waals surface area contributed by atoms with Crippen molar-refractivity contribution in [1.82, 2.24) is 4.98 Å². The van der Waals surface area contributed by atoms with E-state index in [1.807, 2.05) is 0 Å². The highest BCUT2D eigenvalue weighted by Gasteiger charge is 2.29. The Morgan fingerprint density at radius 1 is 1.35 bits per heavy atom. The summed E-state index contributed by atoms with van der Waals surface area (Å²) < 4.78 is 18.5. The summed E-state index contributed by atoms with van der Waals surface area (Å²) in [6.45, 7) is 6.82. The maximum atomic E-state index is 13.4. The van der Waals surface area contributed by atoms with Crippen molar-refractivity contribution in [3.05, 3.63) is 46.7 Å². The molecule has 1 amide bonds. The maximum Gasteiger partial charge on any atom is 0.413 e. The number of halogens is 1. The van der Waals surface area contributed by atoms with E-state index in [1.165, 1.54) is 24.4 Å². The molecule has 0 spiro atoms. The second-order valence-corrected chi connectivity index (χ2v) is 7.27. The molecule has 0 bridgehead atoms. The van der Waals surface area contributed by atoms with Gasteiger partial charge in [0.2, 0.25) is 0 Å². The second-order valence-electron chi connectivity index (χ2n) is 6.24. The van der Waals surface area contributed by atoms with Crippen LogP contribution in [0.1, 0.15) is 38.1 Å². The van der Waals surface area contributed by atoms with E-state index in [4.69, 9.17) is 4.74 Å². The molecule has 7 heteroatoms. The number of nitrogens with zero attached hydrogens (tertiary/aromatic N) is 1. The van der Waals surface area contributed by atoms with Crippen molar-refractivity contribution in [2.45, 2.75) is 38.9 Å². The number of benzene rings is 1. The van der Waals surface area contributed by atoms with E-state index in [9.17, 15) is 14.3 Å². The van der Waals surface area contributed by atoms with E-state index in [0.717, 1.165) is 11.3 Å².